The predicted octanol–water partition coefficient (Wildman–Crippen LogP) is 2.91. The highest BCUT2D eigenvalue weighted by Crippen LogP contribution is 2.25. The van der Waals surface area contributed by atoms with E-state index >= 15 is 0 Å². The number of anilines is 1. The van der Waals surface area contributed by atoms with E-state index in [4.69, 9.17) is 0 Å². The van der Waals surface area contributed by atoms with Crippen LogP contribution in [0.25, 0.3) is 0 Å². The van der Waals surface area contributed by atoms with Gasteiger partial charge in [0.1, 0.15) is 0 Å². The Labute approximate surface area is 153 Å². The lowest BCUT2D eigenvalue weighted by Crippen LogP contribution is -2.29. The van der Waals surface area contributed by atoms with Crippen molar-refractivity contribution in [2.45, 2.75) is 25.7 Å². The Morgan fingerprint density at radius 3 is 2.85 bits per heavy atom. The Hall–Kier alpha value is -2.69. The third kappa shape index (κ3) is 3.47. The zero-order valence-electron chi connectivity index (χ0n) is 14.8. The van der Waals surface area contributed by atoms with Crippen LogP contribution in [0.3, 0.4) is 0 Å². The molecule has 1 aromatic carbocycles. The van der Waals surface area contributed by atoms with E-state index in [1.165, 1.54) is 0 Å². The maximum atomic E-state index is 12.9. The maximum Gasteiger partial charge on any atom is 0.253 e. The maximum absolute atomic E-state index is 12.9. The van der Waals surface area contributed by atoms with Gasteiger partial charge in [-0.2, -0.15) is 0 Å². The molecule has 1 atom stereocenters. The number of carbonyl (C=O) groups is 2. The van der Waals surface area contributed by atoms with Crippen molar-refractivity contribution in [2.75, 3.05) is 24.5 Å². The Morgan fingerprint density at radius 1 is 1.15 bits per heavy atom. The highest BCUT2D eigenvalue weighted by molar-refractivity contribution is 5.99. The summed E-state index contributed by atoms with van der Waals surface area (Å²) in [7, 11) is 0. The van der Waals surface area contributed by atoms with Crippen molar-refractivity contribution in [3.05, 3.63) is 59.9 Å². The summed E-state index contributed by atoms with van der Waals surface area (Å²) in [6.07, 6.45) is 5.22. The molecule has 2 fully saturated rings. The van der Waals surface area contributed by atoms with Gasteiger partial charge >= 0.3 is 0 Å². The Balaban J connectivity index is 1.42. The molecule has 0 aliphatic carbocycles. The molecule has 0 spiro atoms. The van der Waals surface area contributed by atoms with Crippen LogP contribution in [-0.2, 0) is 11.2 Å². The SMILES string of the molecule is O=C(c1cccc(N2CCCC2=O)c1)N1CCC(Cc2ccccn2)C1. The van der Waals surface area contributed by atoms with Gasteiger partial charge in [0.2, 0.25) is 5.91 Å². The zero-order chi connectivity index (χ0) is 17.9. The van der Waals surface area contributed by atoms with Crippen LogP contribution in [0, 0.1) is 5.92 Å². The molecule has 2 aliphatic heterocycles. The molecule has 1 unspecified atom stereocenters. The molecule has 2 aliphatic rings. The monoisotopic (exact) mass is 349 g/mol. The topological polar surface area (TPSA) is 53.5 Å². The van der Waals surface area contributed by atoms with E-state index in [1.54, 1.807) is 4.90 Å². The number of hydrogen-bond donors (Lipinski definition) is 0. The third-order valence-corrected chi connectivity index (χ3v) is 5.28. The lowest BCUT2D eigenvalue weighted by atomic mass is 10.0. The summed E-state index contributed by atoms with van der Waals surface area (Å²) in [4.78, 5) is 33.0. The fraction of sp³-hybridized carbons (Fsp3) is 0.381. The number of carbonyl (C=O) groups excluding carboxylic acids is 2. The van der Waals surface area contributed by atoms with Gasteiger partial charge in [-0.05, 0) is 55.5 Å². The van der Waals surface area contributed by atoms with Gasteiger partial charge in [-0.1, -0.05) is 12.1 Å². The molecule has 0 bridgehead atoms. The van der Waals surface area contributed by atoms with Gasteiger partial charge in [0.15, 0.2) is 0 Å². The summed E-state index contributed by atoms with van der Waals surface area (Å²) < 4.78 is 0. The number of benzene rings is 1. The van der Waals surface area contributed by atoms with Crippen LogP contribution < -0.4 is 4.90 Å². The molecule has 4 rings (SSSR count). The largest absolute Gasteiger partial charge is 0.338 e. The second kappa shape index (κ2) is 7.28. The number of aromatic nitrogens is 1. The van der Waals surface area contributed by atoms with E-state index in [0.29, 0.717) is 17.9 Å². The summed E-state index contributed by atoms with van der Waals surface area (Å²) in [5.41, 5.74) is 2.59. The van der Waals surface area contributed by atoms with Gasteiger partial charge in [-0.3, -0.25) is 14.6 Å². The van der Waals surface area contributed by atoms with Gasteiger partial charge in [-0.25, -0.2) is 0 Å². The Kier molecular flexibility index (Phi) is 4.69. The number of likely N-dealkylation sites (tertiary alicyclic amines) is 1. The van der Waals surface area contributed by atoms with Gasteiger partial charge in [0.25, 0.3) is 5.91 Å². The van der Waals surface area contributed by atoms with Crippen LogP contribution >= 0.6 is 0 Å². The first-order chi connectivity index (χ1) is 12.7. The number of nitrogens with zero attached hydrogens (tertiary/aromatic N) is 3. The third-order valence-electron chi connectivity index (χ3n) is 5.28. The smallest absolute Gasteiger partial charge is 0.253 e. The average Bonchev–Trinajstić information content (AvgIpc) is 3.31. The minimum Gasteiger partial charge on any atom is -0.338 e. The number of amides is 2. The van der Waals surface area contributed by atoms with E-state index in [0.717, 1.165) is 50.3 Å². The second-order valence-corrected chi connectivity index (χ2v) is 7.13. The molecular formula is C21H23N3O2. The van der Waals surface area contributed by atoms with Crippen LogP contribution in [0.2, 0.25) is 0 Å². The normalized spacial score (nSPS) is 20.0. The van der Waals surface area contributed by atoms with Crippen molar-refractivity contribution in [1.82, 2.24) is 9.88 Å². The van der Waals surface area contributed by atoms with Crippen molar-refractivity contribution < 1.29 is 9.59 Å². The first-order valence-electron chi connectivity index (χ1n) is 9.30. The quantitative estimate of drug-likeness (QED) is 0.853. The number of pyridine rings is 1. The van der Waals surface area contributed by atoms with Gasteiger partial charge < -0.3 is 9.80 Å². The van der Waals surface area contributed by atoms with Crippen molar-refractivity contribution in [3.63, 3.8) is 0 Å². The van der Waals surface area contributed by atoms with Gasteiger partial charge in [-0.15, -0.1) is 0 Å². The van der Waals surface area contributed by atoms with E-state index in [1.807, 2.05) is 53.6 Å². The van der Waals surface area contributed by atoms with Gasteiger partial charge in [0.05, 0.1) is 0 Å². The Morgan fingerprint density at radius 2 is 2.08 bits per heavy atom. The lowest BCUT2D eigenvalue weighted by Gasteiger charge is -2.19. The molecule has 5 nitrogen and oxygen atoms in total. The summed E-state index contributed by atoms with van der Waals surface area (Å²) >= 11 is 0. The molecular weight excluding hydrogens is 326 g/mol. The highest BCUT2D eigenvalue weighted by Gasteiger charge is 2.28. The molecule has 2 aromatic rings. The average molecular weight is 349 g/mol. The zero-order valence-corrected chi connectivity index (χ0v) is 14.8. The number of rotatable bonds is 4. The molecule has 2 saturated heterocycles. The Bertz CT molecular complexity index is 806. The van der Waals surface area contributed by atoms with E-state index in [-0.39, 0.29) is 11.8 Å². The van der Waals surface area contributed by atoms with Crippen LogP contribution in [0.1, 0.15) is 35.3 Å². The fourth-order valence-electron chi connectivity index (χ4n) is 3.91. The molecule has 0 N–H and O–H groups in total. The fourth-order valence-corrected chi connectivity index (χ4v) is 3.91. The number of hydrogen-bond acceptors (Lipinski definition) is 3. The second-order valence-electron chi connectivity index (χ2n) is 7.13. The molecule has 1 aromatic heterocycles. The molecule has 5 heteroatoms. The van der Waals surface area contributed by atoms with Crippen LogP contribution in [-0.4, -0.2) is 41.3 Å². The summed E-state index contributed by atoms with van der Waals surface area (Å²) in [5, 5.41) is 0. The molecule has 0 radical (unpaired) electrons. The summed E-state index contributed by atoms with van der Waals surface area (Å²) in [5.74, 6) is 0.658. The standard InChI is InChI=1S/C21H23N3O2/c25-20-8-4-11-24(20)19-7-3-5-17(14-19)21(26)23-12-9-16(15-23)13-18-6-1-2-10-22-18/h1-3,5-7,10,14,16H,4,8-9,11-13,15H2. The van der Waals surface area contributed by atoms with Crippen LogP contribution in [0.4, 0.5) is 5.69 Å². The van der Waals surface area contributed by atoms with Crippen molar-refractivity contribution in [3.8, 4) is 0 Å². The molecule has 2 amide bonds. The molecule has 134 valence electrons. The highest BCUT2D eigenvalue weighted by atomic mass is 16.2. The van der Waals surface area contributed by atoms with E-state index in [9.17, 15) is 9.59 Å². The summed E-state index contributed by atoms with van der Waals surface area (Å²) in [6.45, 7) is 2.29. The van der Waals surface area contributed by atoms with Crippen molar-refractivity contribution >= 4 is 17.5 Å². The molecule has 3 heterocycles. The van der Waals surface area contributed by atoms with E-state index in [2.05, 4.69) is 4.98 Å². The first-order valence-corrected chi connectivity index (χ1v) is 9.30. The van der Waals surface area contributed by atoms with Crippen molar-refractivity contribution in [1.29, 1.82) is 0 Å². The molecule has 0 saturated carbocycles. The van der Waals surface area contributed by atoms with Crippen molar-refractivity contribution in [2.24, 2.45) is 5.92 Å². The summed E-state index contributed by atoms with van der Waals surface area (Å²) in [6, 6.07) is 13.5. The minimum absolute atomic E-state index is 0.0574. The molecule has 26 heavy (non-hydrogen) atoms. The van der Waals surface area contributed by atoms with Crippen LogP contribution in [0.15, 0.2) is 48.7 Å². The minimum atomic E-state index is 0.0574. The first kappa shape index (κ1) is 16.8. The van der Waals surface area contributed by atoms with Gasteiger partial charge in [0, 0.05) is 49.2 Å². The predicted molar refractivity (Wildman–Crippen MR) is 100.0 cm³/mol. The lowest BCUT2D eigenvalue weighted by molar-refractivity contribution is -0.117. The van der Waals surface area contributed by atoms with Crippen LogP contribution in [0.5, 0.6) is 0 Å². The van der Waals surface area contributed by atoms with E-state index < -0.39 is 0 Å².